The number of esters is 1. The monoisotopic (exact) mass is 572 g/mol. The molecule has 0 radical (unpaired) electrons. The number of nitrogens with zero attached hydrogens (tertiary/aromatic N) is 4. The molecule has 3 aromatic rings. The fraction of sp³-hybridized carbons (Fsp3) is 0.500. The van der Waals surface area contributed by atoms with Crippen molar-refractivity contribution in [3.8, 4) is 17.2 Å². The van der Waals surface area contributed by atoms with Gasteiger partial charge in [-0.15, -0.1) is 0 Å². The molecule has 9 nitrogen and oxygen atoms in total. The minimum Gasteiger partial charge on any atom is -0.491 e. The summed E-state index contributed by atoms with van der Waals surface area (Å²) in [5, 5.41) is 4.01. The van der Waals surface area contributed by atoms with E-state index in [-0.39, 0.29) is 36.1 Å². The molecule has 0 amide bonds. The van der Waals surface area contributed by atoms with E-state index in [9.17, 15) is 13.6 Å². The summed E-state index contributed by atoms with van der Waals surface area (Å²) in [6.45, 7) is 12.1. The van der Waals surface area contributed by atoms with Crippen molar-refractivity contribution < 1.29 is 32.3 Å². The standard InChI is InChI=1S/C30H38F2N4O5/c1-19(2)39-22-16-23(31)27(24(32)17-22)28-33-29(34-41-28)36-12-9-21-15-20(7-8-25(21)36)18-35(13-14-38-6)11-10-26(37)40-30(3,4)5/h7-8,15-17,19H,9-14,18H2,1-6H3. The van der Waals surface area contributed by atoms with Crippen LogP contribution in [0.2, 0.25) is 0 Å². The molecular formula is C30H38F2N4O5. The maximum atomic E-state index is 14.8. The molecule has 1 aromatic heterocycles. The summed E-state index contributed by atoms with van der Waals surface area (Å²) in [4.78, 5) is 20.6. The van der Waals surface area contributed by atoms with Crippen LogP contribution in [0.4, 0.5) is 20.4 Å². The first-order valence-electron chi connectivity index (χ1n) is 13.8. The lowest BCUT2D eigenvalue weighted by Gasteiger charge is -2.24. The molecule has 0 spiro atoms. The van der Waals surface area contributed by atoms with Crippen LogP contribution in [0.25, 0.3) is 11.5 Å². The Labute approximate surface area is 239 Å². The Hall–Kier alpha value is -3.57. The van der Waals surface area contributed by atoms with Gasteiger partial charge < -0.3 is 23.6 Å². The van der Waals surface area contributed by atoms with Gasteiger partial charge in [0, 0.05) is 51.1 Å². The number of fused-ring (bicyclic) bond motifs is 1. The second kappa shape index (κ2) is 12.9. The van der Waals surface area contributed by atoms with E-state index in [0.29, 0.717) is 32.8 Å². The molecule has 41 heavy (non-hydrogen) atoms. The molecule has 0 aliphatic carbocycles. The first kappa shape index (κ1) is 30.4. The average molecular weight is 573 g/mol. The molecule has 0 unspecified atom stereocenters. The van der Waals surface area contributed by atoms with E-state index < -0.39 is 22.8 Å². The van der Waals surface area contributed by atoms with E-state index in [1.807, 2.05) is 37.8 Å². The SMILES string of the molecule is COCCN(CCC(=O)OC(C)(C)C)Cc1ccc2c(c1)CCN2c1noc(-c2c(F)cc(OC(C)C)cc2F)n1. The highest BCUT2D eigenvalue weighted by atomic mass is 19.1. The molecular weight excluding hydrogens is 534 g/mol. The third-order valence-corrected chi connectivity index (χ3v) is 6.37. The summed E-state index contributed by atoms with van der Waals surface area (Å²) >= 11 is 0. The van der Waals surface area contributed by atoms with Gasteiger partial charge >= 0.3 is 5.97 Å². The van der Waals surface area contributed by atoms with Gasteiger partial charge in [-0.1, -0.05) is 12.1 Å². The number of carbonyl (C=O) groups excluding carboxylic acids is 1. The van der Waals surface area contributed by atoms with Crippen LogP contribution < -0.4 is 9.64 Å². The van der Waals surface area contributed by atoms with Crippen LogP contribution in [-0.2, 0) is 27.2 Å². The summed E-state index contributed by atoms with van der Waals surface area (Å²) < 4.78 is 50.9. The molecule has 0 N–H and O–H groups in total. The molecule has 0 saturated carbocycles. The highest BCUT2D eigenvalue weighted by molar-refractivity contribution is 5.70. The Kier molecular flexibility index (Phi) is 9.60. The van der Waals surface area contributed by atoms with Crippen LogP contribution in [-0.4, -0.2) is 66.1 Å². The number of methoxy groups -OCH3 is 1. The zero-order valence-electron chi connectivity index (χ0n) is 24.5. The molecule has 2 aromatic carbocycles. The van der Waals surface area contributed by atoms with Gasteiger partial charge in [0.1, 0.15) is 28.5 Å². The number of hydrogen-bond donors (Lipinski definition) is 0. The van der Waals surface area contributed by atoms with Crippen LogP contribution in [0.5, 0.6) is 5.75 Å². The van der Waals surface area contributed by atoms with E-state index in [1.54, 1.807) is 21.0 Å². The Morgan fingerprint density at radius 2 is 1.88 bits per heavy atom. The van der Waals surface area contributed by atoms with Gasteiger partial charge in [0.2, 0.25) is 0 Å². The lowest BCUT2D eigenvalue weighted by molar-refractivity contribution is -0.155. The number of benzene rings is 2. The van der Waals surface area contributed by atoms with Crippen molar-refractivity contribution in [3.63, 3.8) is 0 Å². The van der Waals surface area contributed by atoms with Gasteiger partial charge in [-0.3, -0.25) is 9.69 Å². The Bertz CT molecular complexity index is 1330. The largest absolute Gasteiger partial charge is 0.491 e. The van der Waals surface area contributed by atoms with Crippen LogP contribution in [0.1, 0.15) is 52.2 Å². The second-order valence-corrected chi connectivity index (χ2v) is 11.3. The van der Waals surface area contributed by atoms with Crippen molar-refractivity contribution in [2.75, 3.05) is 38.3 Å². The number of anilines is 2. The predicted molar refractivity (Wildman–Crippen MR) is 150 cm³/mol. The third-order valence-electron chi connectivity index (χ3n) is 6.37. The third kappa shape index (κ3) is 8.01. The van der Waals surface area contributed by atoms with Crippen molar-refractivity contribution >= 4 is 17.6 Å². The minimum atomic E-state index is -0.841. The number of rotatable bonds is 12. The van der Waals surface area contributed by atoms with Gasteiger partial charge in [0.25, 0.3) is 11.8 Å². The quantitative estimate of drug-likeness (QED) is 0.254. The molecule has 11 heteroatoms. The first-order chi connectivity index (χ1) is 19.4. The van der Waals surface area contributed by atoms with E-state index in [2.05, 4.69) is 21.1 Å². The zero-order valence-corrected chi connectivity index (χ0v) is 24.5. The zero-order chi connectivity index (χ0) is 29.7. The maximum absolute atomic E-state index is 14.8. The van der Waals surface area contributed by atoms with Crippen molar-refractivity contribution in [2.45, 2.75) is 65.7 Å². The first-order valence-corrected chi connectivity index (χ1v) is 13.8. The molecule has 1 aliphatic rings. The van der Waals surface area contributed by atoms with E-state index in [1.165, 1.54) is 0 Å². The molecule has 0 bridgehead atoms. The number of carbonyl (C=O) groups is 1. The molecule has 2 heterocycles. The number of ether oxygens (including phenoxy) is 3. The summed E-state index contributed by atoms with van der Waals surface area (Å²) in [7, 11) is 1.65. The lowest BCUT2D eigenvalue weighted by atomic mass is 10.1. The highest BCUT2D eigenvalue weighted by Gasteiger charge is 2.27. The van der Waals surface area contributed by atoms with Crippen molar-refractivity contribution in [2.24, 2.45) is 0 Å². The molecule has 222 valence electrons. The van der Waals surface area contributed by atoms with E-state index in [4.69, 9.17) is 18.7 Å². The van der Waals surface area contributed by atoms with Gasteiger partial charge in [-0.2, -0.15) is 4.98 Å². The van der Waals surface area contributed by atoms with Crippen molar-refractivity contribution in [1.82, 2.24) is 15.0 Å². The number of hydrogen-bond acceptors (Lipinski definition) is 9. The topological polar surface area (TPSA) is 90.2 Å². The number of aromatic nitrogens is 2. The van der Waals surface area contributed by atoms with Crippen LogP contribution in [0.15, 0.2) is 34.9 Å². The average Bonchev–Trinajstić information content (AvgIpc) is 3.50. The minimum absolute atomic E-state index is 0.0911. The molecule has 1 aliphatic heterocycles. The van der Waals surface area contributed by atoms with Crippen LogP contribution in [0.3, 0.4) is 0 Å². The molecule has 0 atom stereocenters. The van der Waals surface area contributed by atoms with Gasteiger partial charge in [0.05, 0.1) is 19.1 Å². The van der Waals surface area contributed by atoms with Crippen molar-refractivity contribution in [3.05, 3.63) is 53.1 Å². The fourth-order valence-electron chi connectivity index (χ4n) is 4.67. The van der Waals surface area contributed by atoms with Gasteiger partial charge in [0.15, 0.2) is 0 Å². The van der Waals surface area contributed by atoms with E-state index in [0.717, 1.165) is 35.4 Å². The fourth-order valence-corrected chi connectivity index (χ4v) is 4.67. The second-order valence-electron chi connectivity index (χ2n) is 11.3. The summed E-state index contributed by atoms with van der Waals surface area (Å²) in [5.74, 6) is -1.84. The lowest BCUT2D eigenvalue weighted by Crippen LogP contribution is -2.31. The Morgan fingerprint density at radius 3 is 2.54 bits per heavy atom. The van der Waals surface area contributed by atoms with Gasteiger partial charge in [-0.25, -0.2) is 8.78 Å². The van der Waals surface area contributed by atoms with Crippen LogP contribution >= 0.6 is 0 Å². The summed E-state index contributed by atoms with van der Waals surface area (Å²) in [6, 6.07) is 8.33. The van der Waals surface area contributed by atoms with Crippen molar-refractivity contribution in [1.29, 1.82) is 0 Å². The molecule has 4 rings (SSSR count). The maximum Gasteiger partial charge on any atom is 0.307 e. The summed E-state index contributed by atoms with van der Waals surface area (Å²) in [6.07, 6.45) is 0.803. The normalized spacial score (nSPS) is 13.3. The Morgan fingerprint density at radius 1 is 1.15 bits per heavy atom. The summed E-state index contributed by atoms with van der Waals surface area (Å²) in [5.41, 5.74) is 2.18. The van der Waals surface area contributed by atoms with Gasteiger partial charge in [-0.05, 0) is 63.4 Å². The van der Waals surface area contributed by atoms with Crippen LogP contribution in [0, 0.1) is 11.6 Å². The Balaban J connectivity index is 1.46. The highest BCUT2D eigenvalue weighted by Crippen LogP contribution is 2.36. The number of halogens is 2. The van der Waals surface area contributed by atoms with E-state index >= 15 is 0 Å². The predicted octanol–water partition coefficient (Wildman–Crippen LogP) is 5.68. The smallest absolute Gasteiger partial charge is 0.307 e. The molecule has 0 saturated heterocycles. The molecule has 0 fully saturated rings.